The van der Waals surface area contributed by atoms with Crippen molar-refractivity contribution < 1.29 is 10.0 Å². The van der Waals surface area contributed by atoms with Gasteiger partial charge in [-0.15, -0.1) is 0 Å². The van der Waals surface area contributed by atoms with Crippen molar-refractivity contribution in [3.63, 3.8) is 0 Å². The maximum absolute atomic E-state index is 11.1. The smallest absolute Gasteiger partial charge is 0.267 e. The number of nitrogens with one attached hydrogen (secondary N) is 2. The van der Waals surface area contributed by atoms with Gasteiger partial charge in [0, 0.05) is 37.1 Å². The number of hydroxylamine groups is 1. The molecule has 0 saturated carbocycles. The summed E-state index contributed by atoms with van der Waals surface area (Å²) in [5.41, 5.74) is 5.99. The standard InChI is InChI=1S/C20H23N3O2/c24-20(22-25)10-9-16-5-3-6-17(13-16)15-21-18-7-4-8-19(14-18)23-11-1-2-12-23/h3-10,13-14,21,25H,1-2,11-12,15H2,(H,22,24)/b10-9+. The number of anilines is 2. The first-order chi connectivity index (χ1) is 12.2. The van der Waals surface area contributed by atoms with E-state index in [4.69, 9.17) is 5.21 Å². The lowest BCUT2D eigenvalue weighted by Gasteiger charge is -2.18. The van der Waals surface area contributed by atoms with Crippen LogP contribution in [0.25, 0.3) is 6.08 Å². The summed E-state index contributed by atoms with van der Waals surface area (Å²) >= 11 is 0. The van der Waals surface area contributed by atoms with Crippen LogP contribution in [0.3, 0.4) is 0 Å². The number of benzene rings is 2. The van der Waals surface area contributed by atoms with Crippen LogP contribution in [0.15, 0.2) is 54.6 Å². The lowest BCUT2D eigenvalue weighted by molar-refractivity contribution is -0.124. The normalized spacial score (nSPS) is 14.0. The van der Waals surface area contributed by atoms with E-state index < -0.39 is 5.91 Å². The highest BCUT2D eigenvalue weighted by atomic mass is 16.5. The third-order valence-corrected chi connectivity index (χ3v) is 4.30. The molecule has 2 aromatic rings. The van der Waals surface area contributed by atoms with Gasteiger partial charge in [0.25, 0.3) is 5.91 Å². The van der Waals surface area contributed by atoms with Gasteiger partial charge in [-0.05, 0) is 54.3 Å². The second-order valence-corrected chi connectivity index (χ2v) is 6.15. The predicted octanol–water partition coefficient (Wildman–Crippen LogP) is 3.42. The van der Waals surface area contributed by atoms with Gasteiger partial charge in [-0.25, -0.2) is 5.48 Å². The lowest BCUT2D eigenvalue weighted by atomic mass is 10.1. The number of carbonyl (C=O) groups excluding carboxylic acids is 1. The molecule has 0 aliphatic carbocycles. The molecule has 1 fully saturated rings. The van der Waals surface area contributed by atoms with Crippen molar-refractivity contribution in [2.45, 2.75) is 19.4 Å². The molecule has 3 rings (SSSR count). The van der Waals surface area contributed by atoms with E-state index in [9.17, 15) is 4.79 Å². The van der Waals surface area contributed by atoms with Gasteiger partial charge in [0.15, 0.2) is 0 Å². The quantitative estimate of drug-likeness (QED) is 0.429. The van der Waals surface area contributed by atoms with Gasteiger partial charge in [-0.2, -0.15) is 0 Å². The molecular formula is C20H23N3O2. The summed E-state index contributed by atoms with van der Waals surface area (Å²) in [7, 11) is 0. The molecule has 3 N–H and O–H groups in total. The average molecular weight is 337 g/mol. The summed E-state index contributed by atoms with van der Waals surface area (Å²) in [5, 5.41) is 12.0. The van der Waals surface area contributed by atoms with Crippen LogP contribution < -0.4 is 15.7 Å². The van der Waals surface area contributed by atoms with Crippen LogP contribution in [0.2, 0.25) is 0 Å². The van der Waals surface area contributed by atoms with Crippen molar-refractivity contribution in [1.29, 1.82) is 0 Å². The first-order valence-electron chi connectivity index (χ1n) is 8.54. The number of amides is 1. The molecule has 1 heterocycles. The van der Waals surface area contributed by atoms with E-state index in [1.54, 1.807) is 11.6 Å². The van der Waals surface area contributed by atoms with Crippen LogP contribution in [-0.4, -0.2) is 24.2 Å². The molecule has 0 spiro atoms. The number of hydrogen-bond acceptors (Lipinski definition) is 4. The monoisotopic (exact) mass is 337 g/mol. The van der Waals surface area contributed by atoms with Gasteiger partial charge in [0.2, 0.25) is 0 Å². The average Bonchev–Trinajstić information content (AvgIpc) is 3.20. The maximum atomic E-state index is 11.1. The highest BCUT2D eigenvalue weighted by Crippen LogP contribution is 2.23. The Morgan fingerprint density at radius 1 is 1.12 bits per heavy atom. The van der Waals surface area contributed by atoms with Crippen molar-refractivity contribution in [2.24, 2.45) is 0 Å². The minimum Gasteiger partial charge on any atom is -0.381 e. The van der Waals surface area contributed by atoms with Gasteiger partial charge in [-0.1, -0.05) is 24.3 Å². The largest absolute Gasteiger partial charge is 0.381 e. The van der Waals surface area contributed by atoms with Crippen molar-refractivity contribution in [3.8, 4) is 0 Å². The zero-order valence-electron chi connectivity index (χ0n) is 14.1. The highest BCUT2D eigenvalue weighted by molar-refractivity contribution is 5.90. The SMILES string of the molecule is O=C(/C=C/c1cccc(CNc2cccc(N3CCCC3)c2)c1)NO. The Hall–Kier alpha value is -2.79. The third-order valence-electron chi connectivity index (χ3n) is 4.30. The van der Waals surface area contributed by atoms with Crippen molar-refractivity contribution in [1.82, 2.24) is 5.48 Å². The Bertz CT molecular complexity index is 752. The fourth-order valence-corrected chi connectivity index (χ4v) is 3.01. The number of carbonyl (C=O) groups is 1. The van der Waals surface area contributed by atoms with E-state index in [0.717, 1.165) is 29.9 Å². The van der Waals surface area contributed by atoms with Crippen LogP contribution in [0.5, 0.6) is 0 Å². The number of rotatable bonds is 6. The molecule has 1 amide bonds. The highest BCUT2D eigenvalue weighted by Gasteiger charge is 2.12. The zero-order chi connectivity index (χ0) is 17.5. The van der Waals surface area contributed by atoms with E-state index in [0.29, 0.717) is 6.54 Å². The molecule has 0 radical (unpaired) electrons. The van der Waals surface area contributed by atoms with E-state index in [1.807, 2.05) is 24.3 Å². The molecule has 1 saturated heterocycles. The van der Waals surface area contributed by atoms with E-state index in [-0.39, 0.29) is 0 Å². The van der Waals surface area contributed by atoms with E-state index >= 15 is 0 Å². The van der Waals surface area contributed by atoms with Gasteiger partial charge >= 0.3 is 0 Å². The molecule has 25 heavy (non-hydrogen) atoms. The second kappa shape index (κ2) is 8.35. The van der Waals surface area contributed by atoms with Gasteiger partial charge in [0.1, 0.15) is 0 Å². The Balaban J connectivity index is 1.62. The van der Waals surface area contributed by atoms with Crippen molar-refractivity contribution in [2.75, 3.05) is 23.3 Å². The van der Waals surface area contributed by atoms with E-state index in [1.165, 1.54) is 24.6 Å². The molecule has 2 aromatic carbocycles. The topological polar surface area (TPSA) is 64.6 Å². The van der Waals surface area contributed by atoms with E-state index in [2.05, 4.69) is 34.5 Å². The minimum atomic E-state index is -0.540. The Morgan fingerprint density at radius 3 is 2.72 bits per heavy atom. The molecule has 0 atom stereocenters. The number of hydrogen-bond donors (Lipinski definition) is 3. The fourth-order valence-electron chi connectivity index (χ4n) is 3.01. The van der Waals surface area contributed by atoms with Gasteiger partial charge in [-0.3, -0.25) is 10.0 Å². The lowest BCUT2D eigenvalue weighted by Crippen LogP contribution is -2.17. The predicted molar refractivity (Wildman–Crippen MR) is 101 cm³/mol. The Morgan fingerprint density at radius 2 is 1.92 bits per heavy atom. The summed E-state index contributed by atoms with van der Waals surface area (Å²) in [5.74, 6) is -0.540. The molecule has 5 heteroatoms. The Kier molecular flexibility index (Phi) is 5.69. The summed E-state index contributed by atoms with van der Waals surface area (Å²) < 4.78 is 0. The third kappa shape index (κ3) is 4.84. The summed E-state index contributed by atoms with van der Waals surface area (Å²) in [6.07, 6.45) is 5.51. The molecular weight excluding hydrogens is 314 g/mol. The van der Waals surface area contributed by atoms with Crippen LogP contribution in [-0.2, 0) is 11.3 Å². The van der Waals surface area contributed by atoms with Gasteiger partial charge < -0.3 is 10.2 Å². The summed E-state index contributed by atoms with van der Waals surface area (Å²) in [4.78, 5) is 13.5. The number of nitrogens with zero attached hydrogens (tertiary/aromatic N) is 1. The molecule has 1 aliphatic rings. The first-order valence-corrected chi connectivity index (χ1v) is 8.54. The molecule has 130 valence electrons. The van der Waals surface area contributed by atoms with Gasteiger partial charge in [0.05, 0.1) is 0 Å². The summed E-state index contributed by atoms with van der Waals surface area (Å²) in [6.45, 7) is 2.98. The van der Waals surface area contributed by atoms with Crippen molar-refractivity contribution in [3.05, 3.63) is 65.7 Å². The van der Waals surface area contributed by atoms with Crippen LogP contribution >= 0.6 is 0 Å². The Labute approximate surface area is 147 Å². The van der Waals surface area contributed by atoms with Crippen molar-refractivity contribution >= 4 is 23.4 Å². The van der Waals surface area contributed by atoms with Crippen LogP contribution in [0.1, 0.15) is 24.0 Å². The van der Waals surface area contributed by atoms with Crippen LogP contribution in [0.4, 0.5) is 11.4 Å². The molecule has 5 nitrogen and oxygen atoms in total. The fraction of sp³-hybridized carbons (Fsp3) is 0.250. The minimum absolute atomic E-state index is 0.540. The second-order valence-electron chi connectivity index (χ2n) is 6.15. The summed E-state index contributed by atoms with van der Waals surface area (Å²) in [6, 6.07) is 16.4. The maximum Gasteiger partial charge on any atom is 0.267 e. The molecule has 1 aliphatic heterocycles. The molecule has 0 unspecified atom stereocenters. The molecule has 0 bridgehead atoms. The molecule has 0 aromatic heterocycles. The zero-order valence-corrected chi connectivity index (χ0v) is 14.1. The first kappa shape index (κ1) is 17.0. The van der Waals surface area contributed by atoms with Crippen LogP contribution in [0, 0.1) is 0 Å².